The van der Waals surface area contributed by atoms with Gasteiger partial charge in [0, 0.05) is 5.92 Å². The molecule has 0 saturated heterocycles. The monoisotopic (exact) mass is 478 g/mol. The number of hydrogen-bond acceptors (Lipinski definition) is 7. The van der Waals surface area contributed by atoms with Crippen molar-refractivity contribution in [3.8, 4) is 11.5 Å². The summed E-state index contributed by atoms with van der Waals surface area (Å²) in [4.78, 5) is 16.6. The molecule has 9 heteroatoms. The van der Waals surface area contributed by atoms with Crippen LogP contribution < -0.4 is 9.47 Å². The van der Waals surface area contributed by atoms with Crippen molar-refractivity contribution >= 4 is 39.8 Å². The van der Waals surface area contributed by atoms with Gasteiger partial charge in [-0.3, -0.25) is 10.2 Å². The first-order chi connectivity index (χ1) is 16.5. The summed E-state index contributed by atoms with van der Waals surface area (Å²) in [5.41, 5.74) is 0.978. The number of amides is 1. The Bertz CT molecular complexity index is 1130. The Balaban J connectivity index is 1.24. The first-order valence-electron chi connectivity index (χ1n) is 11.0. The molecule has 0 aromatic heterocycles. The maximum Gasteiger partial charge on any atom is 0.283 e. The van der Waals surface area contributed by atoms with Crippen LogP contribution in [0.15, 0.2) is 70.3 Å². The first-order valence-corrected chi connectivity index (χ1v) is 11.8. The van der Waals surface area contributed by atoms with E-state index in [0.29, 0.717) is 37.3 Å². The van der Waals surface area contributed by atoms with Gasteiger partial charge in [-0.2, -0.15) is 15.1 Å². The Hall–Kier alpha value is -3.43. The maximum absolute atomic E-state index is 12.5. The Morgan fingerprint density at radius 3 is 2.26 bits per heavy atom. The summed E-state index contributed by atoms with van der Waals surface area (Å²) in [7, 11) is 0. The van der Waals surface area contributed by atoms with Gasteiger partial charge in [-0.1, -0.05) is 44.2 Å². The van der Waals surface area contributed by atoms with Crippen LogP contribution in [0, 0.1) is 11.3 Å². The fourth-order valence-corrected chi connectivity index (χ4v) is 4.02. The van der Waals surface area contributed by atoms with E-state index in [0.717, 1.165) is 16.4 Å². The molecule has 34 heavy (non-hydrogen) atoms. The normalized spacial score (nSPS) is 16.6. The lowest BCUT2D eigenvalue weighted by Crippen LogP contribution is -2.35. The number of fused-ring (bicyclic) bond motifs is 1. The Labute approximate surface area is 202 Å². The number of carbonyl (C=O) groups is 1. The van der Waals surface area contributed by atoms with Gasteiger partial charge in [-0.05, 0) is 47.7 Å². The SMILES string of the molecule is CC(C)C1=NN2C(=N)/C(=C/c3ccc(OCCOCCOc4ccccc4)cc3)C(=O)N=C2S1. The molecule has 1 amide bonds. The molecule has 0 saturated carbocycles. The van der Waals surface area contributed by atoms with Crippen molar-refractivity contribution in [3.63, 3.8) is 0 Å². The summed E-state index contributed by atoms with van der Waals surface area (Å²) in [6, 6.07) is 16.9. The Morgan fingerprint density at radius 2 is 1.62 bits per heavy atom. The molecule has 2 aliphatic rings. The number of amidine groups is 2. The summed E-state index contributed by atoms with van der Waals surface area (Å²) >= 11 is 1.34. The molecule has 2 aliphatic heterocycles. The highest BCUT2D eigenvalue weighted by Crippen LogP contribution is 2.30. The van der Waals surface area contributed by atoms with Gasteiger partial charge in [-0.15, -0.1) is 0 Å². The van der Waals surface area contributed by atoms with E-state index in [1.807, 2.05) is 68.4 Å². The predicted octanol–water partition coefficient (Wildman–Crippen LogP) is 4.44. The van der Waals surface area contributed by atoms with Crippen LogP contribution in [0.5, 0.6) is 11.5 Å². The van der Waals surface area contributed by atoms with Gasteiger partial charge in [0.1, 0.15) is 29.8 Å². The third-order valence-corrected chi connectivity index (χ3v) is 6.10. The van der Waals surface area contributed by atoms with Crippen molar-refractivity contribution < 1.29 is 19.0 Å². The average Bonchev–Trinajstić information content (AvgIpc) is 3.27. The zero-order valence-electron chi connectivity index (χ0n) is 19.1. The zero-order chi connectivity index (χ0) is 23.9. The quantitative estimate of drug-likeness (QED) is 0.401. The van der Waals surface area contributed by atoms with Crippen LogP contribution in [0.25, 0.3) is 6.08 Å². The van der Waals surface area contributed by atoms with Crippen LogP contribution in [0.4, 0.5) is 0 Å². The minimum Gasteiger partial charge on any atom is -0.491 e. The van der Waals surface area contributed by atoms with Crippen molar-refractivity contribution in [1.29, 1.82) is 5.41 Å². The zero-order valence-corrected chi connectivity index (χ0v) is 19.9. The van der Waals surface area contributed by atoms with E-state index in [-0.39, 0.29) is 17.3 Å². The lowest BCUT2D eigenvalue weighted by Gasteiger charge is -2.20. The molecule has 2 aromatic carbocycles. The van der Waals surface area contributed by atoms with Crippen molar-refractivity contribution in [2.45, 2.75) is 13.8 Å². The smallest absolute Gasteiger partial charge is 0.283 e. The largest absolute Gasteiger partial charge is 0.491 e. The molecule has 0 fully saturated rings. The minimum atomic E-state index is -0.433. The number of hydrogen-bond donors (Lipinski definition) is 1. The number of hydrazone groups is 1. The summed E-state index contributed by atoms with van der Waals surface area (Å²) in [6.45, 7) is 5.85. The summed E-state index contributed by atoms with van der Waals surface area (Å²) < 4.78 is 16.8. The van der Waals surface area contributed by atoms with Crippen LogP contribution in [0.2, 0.25) is 0 Å². The van der Waals surface area contributed by atoms with E-state index in [1.54, 1.807) is 6.08 Å². The predicted molar refractivity (Wildman–Crippen MR) is 135 cm³/mol. The number of rotatable bonds is 10. The van der Waals surface area contributed by atoms with Crippen LogP contribution in [0.1, 0.15) is 19.4 Å². The van der Waals surface area contributed by atoms with Gasteiger partial charge in [0.05, 0.1) is 18.8 Å². The van der Waals surface area contributed by atoms with Gasteiger partial charge in [0.25, 0.3) is 5.91 Å². The standard InChI is InChI=1S/C25H26N4O4S/c1-17(2)24-28-29-22(26)21(23(30)27-25(29)34-24)16-18-8-10-20(11-9-18)33-15-13-31-12-14-32-19-6-4-3-5-7-19/h3-11,16-17,26H,12-15H2,1-2H3/b21-16-,26-22?. The molecule has 0 spiro atoms. The molecule has 8 nitrogen and oxygen atoms in total. The molecule has 1 N–H and O–H groups in total. The molecule has 4 rings (SSSR count). The van der Waals surface area contributed by atoms with Crippen molar-refractivity contribution in [1.82, 2.24) is 5.01 Å². The number of nitrogens with one attached hydrogen (secondary N) is 1. The summed E-state index contributed by atoms with van der Waals surface area (Å²) in [6.07, 6.45) is 1.65. The number of para-hydroxylation sites is 1. The van der Waals surface area contributed by atoms with E-state index in [2.05, 4.69) is 10.1 Å². The molecule has 0 radical (unpaired) electrons. The molecule has 0 atom stereocenters. The second-order valence-electron chi connectivity index (χ2n) is 7.80. The molecule has 176 valence electrons. The van der Waals surface area contributed by atoms with E-state index < -0.39 is 5.91 Å². The molecule has 2 aromatic rings. The van der Waals surface area contributed by atoms with Crippen LogP contribution in [-0.4, -0.2) is 53.4 Å². The molecule has 0 unspecified atom stereocenters. The van der Waals surface area contributed by atoms with E-state index in [9.17, 15) is 4.79 Å². The number of thioether (sulfide) groups is 1. The Kier molecular flexibility index (Phi) is 7.76. The summed E-state index contributed by atoms with van der Waals surface area (Å²) in [5.74, 6) is 1.32. The average molecular weight is 479 g/mol. The van der Waals surface area contributed by atoms with Crippen LogP contribution in [-0.2, 0) is 9.53 Å². The minimum absolute atomic E-state index is 0.0341. The highest BCUT2D eigenvalue weighted by Gasteiger charge is 2.36. The number of carbonyl (C=O) groups excluding carboxylic acids is 1. The molecular weight excluding hydrogens is 452 g/mol. The topological polar surface area (TPSA) is 96.6 Å². The van der Waals surface area contributed by atoms with Gasteiger partial charge in [-0.25, -0.2) is 0 Å². The fraction of sp³-hybridized carbons (Fsp3) is 0.280. The van der Waals surface area contributed by atoms with E-state index in [4.69, 9.17) is 19.6 Å². The molecule has 2 heterocycles. The number of ether oxygens (including phenoxy) is 3. The number of aliphatic imine (C=N–C) groups is 1. The number of nitrogens with zero attached hydrogens (tertiary/aromatic N) is 3. The van der Waals surface area contributed by atoms with Gasteiger partial charge in [0.15, 0.2) is 5.84 Å². The Morgan fingerprint density at radius 1 is 0.971 bits per heavy atom. The molecule has 0 aliphatic carbocycles. The highest BCUT2D eigenvalue weighted by atomic mass is 32.2. The number of benzene rings is 2. The lowest BCUT2D eigenvalue weighted by molar-refractivity contribution is -0.114. The van der Waals surface area contributed by atoms with Crippen LogP contribution in [0.3, 0.4) is 0 Å². The molecular formula is C25H26N4O4S. The molecule has 0 bridgehead atoms. The van der Waals surface area contributed by atoms with Crippen LogP contribution >= 0.6 is 11.8 Å². The van der Waals surface area contributed by atoms with E-state index in [1.165, 1.54) is 16.8 Å². The maximum atomic E-state index is 12.5. The van der Waals surface area contributed by atoms with Crippen molar-refractivity contribution in [2.24, 2.45) is 16.0 Å². The fourth-order valence-electron chi connectivity index (χ4n) is 3.12. The highest BCUT2D eigenvalue weighted by molar-refractivity contribution is 8.27. The lowest BCUT2D eigenvalue weighted by atomic mass is 10.1. The van der Waals surface area contributed by atoms with Gasteiger partial charge < -0.3 is 14.2 Å². The second kappa shape index (κ2) is 11.1. The van der Waals surface area contributed by atoms with Gasteiger partial charge >= 0.3 is 0 Å². The summed E-state index contributed by atoms with van der Waals surface area (Å²) in [5, 5.41) is 15.6. The van der Waals surface area contributed by atoms with Crippen molar-refractivity contribution in [2.75, 3.05) is 26.4 Å². The van der Waals surface area contributed by atoms with Crippen molar-refractivity contribution in [3.05, 3.63) is 65.7 Å². The van der Waals surface area contributed by atoms with Gasteiger partial charge in [0.2, 0.25) is 5.17 Å². The second-order valence-corrected chi connectivity index (χ2v) is 8.79. The first kappa shape index (κ1) is 23.7. The van der Waals surface area contributed by atoms with E-state index >= 15 is 0 Å². The third kappa shape index (κ3) is 5.92. The third-order valence-electron chi connectivity index (χ3n) is 4.89.